The van der Waals surface area contributed by atoms with Gasteiger partial charge in [-0.25, -0.2) is 9.78 Å². The van der Waals surface area contributed by atoms with Crippen molar-refractivity contribution in [1.82, 2.24) is 15.1 Å². The highest BCUT2D eigenvalue weighted by Crippen LogP contribution is 2.34. The molecule has 1 aliphatic rings. The Kier molecular flexibility index (Phi) is 4.42. The summed E-state index contributed by atoms with van der Waals surface area (Å²) in [4.78, 5) is 31.6. The fourth-order valence-electron chi connectivity index (χ4n) is 2.87. The summed E-state index contributed by atoms with van der Waals surface area (Å²) in [5, 5.41) is 12.0. The van der Waals surface area contributed by atoms with Crippen LogP contribution in [0.25, 0.3) is 11.6 Å². The molecule has 3 aromatic rings. The first kappa shape index (κ1) is 18.5. The Morgan fingerprint density at radius 3 is 2.72 bits per heavy atom. The van der Waals surface area contributed by atoms with Gasteiger partial charge in [0.05, 0.1) is 11.3 Å². The third-order valence-electron chi connectivity index (χ3n) is 4.35. The molecule has 2 aromatic heterocycles. The van der Waals surface area contributed by atoms with Crippen LogP contribution in [-0.4, -0.2) is 27.1 Å². The van der Waals surface area contributed by atoms with Gasteiger partial charge in [-0.05, 0) is 18.2 Å². The van der Waals surface area contributed by atoms with Crippen molar-refractivity contribution in [3.8, 4) is 0 Å². The molecule has 3 amide bonds. The third-order valence-corrected chi connectivity index (χ3v) is 4.35. The number of nitrogens with zero attached hydrogens (tertiary/aromatic N) is 2. The summed E-state index contributed by atoms with van der Waals surface area (Å²) in [6.45, 7) is 5.97. The molecule has 3 heterocycles. The predicted octanol–water partition coefficient (Wildman–Crippen LogP) is 3.83. The van der Waals surface area contributed by atoms with Crippen molar-refractivity contribution in [3.05, 3.63) is 53.8 Å². The molecule has 1 aromatic carbocycles. The Labute approximate surface area is 166 Å². The molecular formula is C20H20N6O3. The van der Waals surface area contributed by atoms with Crippen molar-refractivity contribution in [2.75, 3.05) is 16.0 Å². The van der Waals surface area contributed by atoms with Gasteiger partial charge < -0.3 is 20.1 Å². The smallest absolute Gasteiger partial charge is 0.324 e. The molecule has 0 atom stereocenters. The number of rotatable bonds is 3. The summed E-state index contributed by atoms with van der Waals surface area (Å²) in [6.07, 6.45) is 4.98. The standard InChI is InChI=1S/C20H20N6O3/c1-20(2,3)15-10-17(26-29-15)25-19(28)23-11-4-5-12-13(9-16-21-6-7-22-16)18(27)24-14(12)8-11/h4-10H,1-3H3,(H,21,22)(H,24,27)(H2,23,25,26,28)/b13-9-. The highest BCUT2D eigenvalue weighted by atomic mass is 16.5. The fraction of sp³-hybridized carbons (Fsp3) is 0.200. The summed E-state index contributed by atoms with van der Waals surface area (Å²) in [6, 6.07) is 6.41. The summed E-state index contributed by atoms with van der Waals surface area (Å²) >= 11 is 0. The number of H-pyrrole nitrogens is 1. The molecule has 0 saturated heterocycles. The molecule has 0 unspecified atom stereocenters. The zero-order chi connectivity index (χ0) is 20.6. The number of hydrogen-bond donors (Lipinski definition) is 4. The molecule has 4 rings (SSSR count). The molecule has 0 aliphatic carbocycles. The van der Waals surface area contributed by atoms with E-state index in [0.29, 0.717) is 34.4 Å². The highest BCUT2D eigenvalue weighted by Gasteiger charge is 2.25. The predicted molar refractivity (Wildman–Crippen MR) is 109 cm³/mol. The van der Waals surface area contributed by atoms with Crippen LogP contribution in [0.3, 0.4) is 0 Å². The number of aromatic amines is 1. The lowest BCUT2D eigenvalue weighted by molar-refractivity contribution is -0.110. The van der Waals surface area contributed by atoms with Gasteiger partial charge in [0.2, 0.25) is 0 Å². The van der Waals surface area contributed by atoms with Gasteiger partial charge in [-0.2, -0.15) is 0 Å². The Balaban J connectivity index is 1.47. The fourth-order valence-corrected chi connectivity index (χ4v) is 2.87. The number of hydrogen-bond acceptors (Lipinski definition) is 5. The van der Waals surface area contributed by atoms with Gasteiger partial charge in [0.1, 0.15) is 11.6 Å². The normalized spacial score (nSPS) is 14.6. The molecular weight excluding hydrogens is 372 g/mol. The van der Waals surface area contributed by atoms with E-state index in [1.807, 2.05) is 20.8 Å². The van der Waals surface area contributed by atoms with Crippen molar-refractivity contribution in [2.45, 2.75) is 26.2 Å². The maximum atomic E-state index is 12.3. The summed E-state index contributed by atoms with van der Waals surface area (Å²) in [5.41, 5.74) is 2.18. The second-order valence-electron chi connectivity index (χ2n) is 7.65. The van der Waals surface area contributed by atoms with E-state index in [9.17, 15) is 9.59 Å². The summed E-state index contributed by atoms with van der Waals surface area (Å²) in [7, 11) is 0. The van der Waals surface area contributed by atoms with Crippen LogP contribution < -0.4 is 16.0 Å². The number of benzene rings is 1. The largest absolute Gasteiger partial charge is 0.359 e. The van der Waals surface area contributed by atoms with Gasteiger partial charge in [-0.15, -0.1) is 0 Å². The Morgan fingerprint density at radius 2 is 2.03 bits per heavy atom. The number of aromatic nitrogens is 3. The van der Waals surface area contributed by atoms with Crippen LogP contribution in [0.5, 0.6) is 0 Å². The lowest BCUT2D eigenvalue weighted by atomic mass is 9.93. The SMILES string of the molecule is CC(C)(C)c1cc(NC(=O)Nc2ccc3c(c2)NC(=O)/C3=C\c2ncc[nH]2)no1. The van der Waals surface area contributed by atoms with Gasteiger partial charge in [0.25, 0.3) is 5.91 Å². The van der Waals surface area contributed by atoms with Crippen LogP contribution in [0, 0.1) is 0 Å². The second-order valence-corrected chi connectivity index (χ2v) is 7.65. The first-order valence-corrected chi connectivity index (χ1v) is 9.02. The number of fused-ring (bicyclic) bond motifs is 1. The van der Waals surface area contributed by atoms with E-state index in [2.05, 4.69) is 31.1 Å². The minimum Gasteiger partial charge on any atom is -0.359 e. The van der Waals surface area contributed by atoms with Gasteiger partial charge in [-0.3, -0.25) is 10.1 Å². The molecule has 0 bridgehead atoms. The van der Waals surface area contributed by atoms with Gasteiger partial charge in [-0.1, -0.05) is 32.0 Å². The van der Waals surface area contributed by atoms with E-state index >= 15 is 0 Å². The minimum absolute atomic E-state index is 0.206. The molecule has 0 saturated carbocycles. The summed E-state index contributed by atoms with van der Waals surface area (Å²) < 4.78 is 5.25. The van der Waals surface area contributed by atoms with Crippen LogP contribution in [0.2, 0.25) is 0 Å². The molecule has 1 aliphatic heterocycles. The lowest BCUT2D eigenvalue weighted by Crippen LogP contribution is -2.19. The number of amides is 3. The number of carbonyl (C=O) groups is 2. The zero-order valence-electron chi connectivity index (χ0n) is 16.2. The number of imidazole rings is 1. The van der Waals surface area contributed by atoms with E-state index in [4.69, 9.17) is 4.52 Å². The van der Waals surface area contributed by atoms with E-state index < -0.39 is 6.03 Å². The molecule has 0 spiro atoms. The molecule has 0 fully saturated rings. The first-order chi connectivity index (χ1) is 13.8. The van der Waals surface area contributed by atoms with Crippen LogP contribution in [-0.2, 0) is 10.2 Å². The van der Waals surface area contributed by atoms with Gasteiger partial charge >= 0.3 is 6.03 Å². The van der Waals surface area contributed by atoms with E-state index in [1.165, 1.54) is 0 Å². The van der Waals surface area contributed by atoms with Crippen LogP contribution in [0.4, 0.5) is 22.0 Å². The van der Waals surface area contributed by atoms with Gasteiger partial charge in [0.15, 0.2) is 5.82 Å². The minimum atomic E-state index is -0.464. The van der Waals surface area contributed by atoms with Gasteiger partial charge in [0, 0.05) is 35.1 Å². The quantitative estimate of drug-likeness (QED) is 0.504. The van der Waals surface area contributed by atoms with E-state index in [-0.39, 0.29) is 11.3 Å². The van der Waals surface area contributed by atoms with Crippen molar-refractivity contribution in [2.24, 2.45) is 0 Å². The molecule has 0 radical (unpaired) electrons. The average Bonchev–Trinajstić information content (AvgIpc) is 3.36. The number of urea groups is 1. The monoisotopic (exact) mass is 392 g/mol. The number of carbonyl (C=O) groups excluding carboxylic acids is 2. The van der Waals surface area contributed by atoms with Crippen molar-refractivity contribution in [1.29, 1.82) is 0 Å². The molecule has 9 heteroatoms. The Morgan fingerprint density at radius 1 is 1.21 bits per heavy atom. The highest BCUT2D eigenvalue weighted by molar-refractivity contribution is 6.35. The van der Waals surface area contributed by atoms with Crippen molar-refractivity contribution < 1.29 is 14.1 Å². The Bertz CT molecular complexity index is 1110. The Hall–Kier alpha value is -3.88. The maximum Gasteiger partial charge on any atom is 0.324 e. The second kappa shape index (κ2) is 6.93. The van der Waals surface area contributed by atoms with Crippen molar-refractivity contribution in [3.63, 3.8) is 0 Å². The molecule has 4 N–H and O–H groups in total. The van der Waals surface area contributed by atoms with E-state index in [1.54, 1.807) is 42.7 Å². The maximum absolute atomic E-state index is 12.3. The number of anilines is 3. The van der Waals surface area contributed by atoms with Crippen LogP contribution >= 0.6 is 0 Å². The zero-order valence-corrected chi connectivity index (χ0v) is 16.2. The average molecular weight is 392 g/mol. The molecule has 148 valence electrons. The molecule has 29 heavy (non-hydrogen) atoms. The molecule has 9 nitrogen and oxygen atoms in total. The van der Waals surface area contributed by atoms with Crippen molar-refractivity contribution >= 4 is 40.8 Å². The van der Waals surface area contributed by atoms with Crippen LogP contribution in [0.15, 0.2) is 41.2 Å². The topological polar surface area (TPSA) is 125 Å². The summed E-state index contributed by atoms with van der Waals surface area (Å²) in [5.74, 6) is 1.36. The lowest BCUT2D eigenvalue weighted by Gasteiger charge is -2.12. The van der Waals surface area contributed by atoms with Crippen LogP contribution in [0.1, 0.15) is 37.9 Å². The first-order valence-electron chi connectivity index (χ1n) is 9.02. The number of nitrogens with one attached hydrogen (secondary N) is 4. The van der Waals surface area contributed by atoms with E-state index in [0.717, 1.165) is 5.56 Å². The third kappa shape index (κ3) is 3.88.